The van der Waals surface area contributed by atoms with Crippen molar-refractivity contribution >= 4 is 88.6 Å². The Morgan fingerprint density at radius 3 is 1.64 bits per heavy atom. The van der Waals surface area contributed by atoms with Crippen molar-refractivity contribution in [2.45, 2.75) is 25.0 Å². The van der Waals surface area contributed by atoms with Crippen molar-refractivity contribution in [2.75, 3.05) is 75.2 Å². The van der Waals surface area contributed by atoms with Crippen molar-refractivity contribution < 1.29 is 10.2 Å². The maximum Gasteiger partial charge on any atom is 0.129 e. The first-order chi connectivity index (χ1) is 28.6. The molecule has 6 heterocycles. The molecule has 2 aliphatic heterocycles. The van der Waals surface area contributed by atoms with Crippen molar-refractivity contribution in [1.82, 2.24) is 19.8 Å². The molecule has 59 heavy (non-hydrogen) atoms. The lowest BCUT2D eigenvalue weighted by Gasteiger charge is -2.36. The van der Waals surface area contributed by atoms with Gasteiger partial charge in [-0.25, -0.2) is 4.98 Å². The predicted octanol–water partition coefficient (Wildman–Crippen LogP) is 9.81. The first-order valence-electron chi connectivity index (χ1n) is 20.5. The van der Waals surface area contributed by atoms with E-state index in [9.17, 15) is 10.2 Å². The van der Waals surface area contributed by atoms with Gasteiger partial charge in [0.15, 0.2) is 0 Å². The summed E-state index contributed by atoms with van der Waals surface area (Å²) < 4.78 is 2.50. The van der Waals surface area contributed by atoms with E-state index in [1.54, 1.807) is 22.7 Å². The van der Waals surface area contributed by atoms with Crippen molar-refractivity contribution in [3.63, 3.8) is 0 Å². The average Bonchev–Trinajstić information content (AvgIpc) is 3.93. The van der Waals surface area contributed by atoms with E-state index in [0.29, 0.717) is 0 Å². The van der Waals surface area contributed by atoms with Gasteiger partial charge in [-0.1, -0.05) is 72.8 Å². The molecule has 2 saturated heterocycles. The molecule has 0 aliphatic carbocycles. The number of aromatic nitrogens is 2. The summed E-state index contributed by atoms with van der Waals surface area (Å²) in [5.41, 5.74) is 5.54. The zero-order valence-corrected chi connectivity index (χ0v) is 35.6. The molecule has 2 aliphatic rings. The van der Waals surface area contributed by atoms with E-state index < -0.39 is 12.2 Å². The van der Waals surface area contributed by atoms with Crippen LogP contribution in [0.15, 0.2) is 132 Å². The van der Waals surface area contributed by atoms with Crippen LogP contribution in [0.1, 0.15) is 36.2 Å². The van der Waals surface area contributed by atoms with Gasteiger partial charge in [0, 0.05) is 97.5 Å². The van der Waals surface area contributed by atoms with Crippen LogP contribution in [0, 0.1) is 0 Å². The van der Waals surface area contributed by atoms with E-state index in [4.69, 9.17) is 4.98 Å². The highest BCUT2D eigenvalue weighted by atomic mass is 35.5. The quantitative estimate of drug-likeness (QED) is 0.141. The van der Waals surface area contributed by atoms with Gasteiger partial charge in [-0.3, -0.25) is 14.8 Å². The molecule has 0 amide bonds. The second-order valence-corrected chi connectivity index (χ2v) is 17.2. The molecule has 0 radical (unpaired) electrons. The Bertz CT molecular complexity index is 2590. The molecule has 11 heteroatoms. The Morgan fingerprint density at radius 1 is 0.525 bits per heavy atom. The normalized spacial score (nSPS) is 16.2. The van der Waals surface area contributed by atoms with Gasteiger partial charge >= 0.3 is 0 Å². The zero-order chi connectivity index (χ0) is 39.3. The molecule has 8 nitrogen and oxygen atoms in total. The summed E-state index contributed by atoms with van der Waals surface area (Å²) in [6, 6.07) is 39.7. The number of hydrogen-bond donors (Lipinski definition) is 2. The SMILES string of the molecule is Cl.OC(CCN1CCN(c2ccc3ccccc3n2)CC1)c1csc2ccccc12.OC(CCN1CCN(c2ccnc3ccccc23)CC1)c1csc2ccccc12. The Morgan fingerprint density at radius 2 is 1.03 bits per heavy atom. The fourth-order valence-electron chi connectivity index (χ4n) is 8.43. The van der Waals surface area contributed by atoms with Gasteiger partial charge in [-0.15, -0.1) is 35.1 Å². The molecule has 304 valence electrons. The van der Waals surface area contributed by atoms with Gasteiger partial charge in [-0.05, 0) is 88.0 Å². The highest BCUT2D eigenvalue weighted by Gasteiger charge is 2.22. The van der Waals surface area contributed by atoms with Gasteiger partial charge < -0.3 is 20.0 Å². The Kier molecular flexibility index (Phi) is 13.3. The molecular formula is C48H51ClN6O2S2. The number of para-hydroxylation sites is 2. The molecule has 0 bridgehead atoms. The number of piperazine rings is 2. The number of pyridine rings is 2. The van der Waals surface area contributed by atoms with Crippen LogP contribution in [0.4, 0.5) is 11.5 Å². The van der Waals surface area contributed by atoms with Gasteiger partial charge in [0.1, 0.15) is 5.82 Å². The van der Waals surface area contributed by atoms with Crippen LogP contribution in [-0.4, -0.2) is 95.4 Å². The fourth-order valence-corrected chi connectivity index (χ4v) is 10.5. The third-order valence-electron chi connectivity index (χ3n) is 11.8. The van der Waals surface area contributed by atoms with Gasteiger partial charge in [-0.2, -0.15) is 0 Å². The average molecular weight is 844 g/mol. The van der Waals surface area contributed by atoms with Crippen molar-refractivity contribution in [3.05, 3.63) is 143 Å². The molecule has 2 atom stereocenters. The summed E-state index contributed by atoms with van der Waals surface area (Å²) in [6.45, 7) is 9.86. The largest absolute Gasteiger partial charge is 0.388 e. The molecule has 10 rings (SSSR count). The number of halogens is 1. The van der Waals surface area contributed by atoms with Crippen LogP contribution in [0.3, 0.4) is 0 Å². The number of aliphatic hydroxyl groups is 2. The molecule has 2 N–H and O–H groups in total. The third kappa shape index (κ3) is 9.40. The number of nitrogens with zero attached hydrogens (tertiary/aromatic N) is 6. The summed E-state index contributed by atoms with van der Waals surface area (Å²) in [5, 5.41) is 30.5. The summed E-state index contributed by atoms with van der Waals surface area (Å²) in [6.07, 6.45) is 2.67. The Labute approximate surface area is 360 Å². The molecular weight excluding hydrogens is 792 g/mol. The van der Waals surface area contributed by atoms with E-state index in [-0.39, 0.29) is 12.4 Å². The first-order valence-corrected chi connectivity index (χ1v) is 22.3. The molecule has 2 unspecified atom stereocenters. The summed E-state index contributed by atoms with van der Waals surface area (Å²) in [7, 11) is 0. The number of rotatable bonds is 10. The smallest absolute Gasteiger partial charge is 0.129 e. The summed E-state index contributed by atoms with van der Waals surface area (Å²) in [5.74, 6) is 1.06. The van der Waals surface area contributed by atoms with E-state index in [1.165, 1.54) is 36.6 Å². The minimum Gasteiger partial charge on any atom is -0.388 e. The second kappa shape index (κ2) is 19.2. The van der Waals surface area contributed by atoms with Crippen LogP contribution in [-0.2, 0) is 0 Å². The van der Waals surface area contributed by atoms with Crippen LogP contribution in [0.2, 0.25) is 0 Å². The summed E-state index contributed by atoms with van der Waals surface area (Å²) >= 11 is 3.43. The minimum absolute atomic E-state index is 0. The van der Waals surface area contributed by atoms with Crippen LogP contribution in [0.25, 0.3) is 42.0 Å². The molecule has 2 fully saturated rings. The van der Waals surface area contributed by atoms with E-state index in [1.807, 2.05) is 30.5 Å². The van der Waals surface area contributed by atoms with Crippen molar-refractivity contribution in [1.29, 1.82) is 0 Å². The van der Waals surface area contributed by atoms with Crippen molar-refractivity contribution in [3.8, 4) is 0 Å². The standard InChI is InChI=1S/2C24H25N3OS.ClH/c28-23(20-17-29-24-8-4-2-5-18(20)24)10-12-26-13-15-27(16-14-26)22-9-11-25-21-7-3-1-6-19(21)22;28-22(20-17-29-23-8-4-2-6-19(20)23)11-12-26-13-15-27(16-14-26)24-10-9-18-5-1-3-7-21(18)25-24;/h1-9,11,17,23,28H,10,12-16H2;1-10,17,22,28H,11-16H2;1H. The topological polar surface area (TPSA) is 79.2 Å². The van der Waals surface area contributed by atoms with Crippen LogP contribution >= 0.6 is 35.1 Å². The van der Waals surface area contributed by atoms with E-state index in [0.717, 1.165) is 106 Å². The number of fused-ring (bicyclic) bond motifs is 4. The number of thiophene rings is 2. The molecule has 4 aromatic heterocycles. The van der Waals surface area contributed by atoms with Crippen molar-refractivity contribution in [2.24, 2.45) is 0 Å². The predicted molar refractivity (Wildman–Crippen MR) is 251 cm³/mol. The number of anilines is 2. The van der Waals surface area contributed by atoms with Crippen LogP contribution < -0.4 is 9.80 Å². The number of benzene rings is 4. The van der Waals surface area contributed by atoms with Gasteiger partial charge in [0.25, 0.3) is 0 Å². The summed E-state index contributed by atoms with van der Waals surface area (Å²) in [4.78, 5) is 19.1. The zero-order valence-electron chi connectivity index (χ0n) is 33.1. The highest BCUT2D eigenvalue weighted by molar-refractivity contribution is 7.17. The minimum atomic E-state index is -0.397. The second-order valence-electron chi connectivity index (χ2n) is 15.4. The van der Waals surface area contributed by atoms with Crippen LogP contribution in [0.5, 0.6) is 0 Å². The maximum absolute atomic E-state index is 10.7. The molecule has 0 saturated carbocycles. The van der Waals surface area contributed by atoms with E-state index in [2.05, 4.69) is 126 Å². The third-order valence-corrected chi connectivity index (χ3v) is 13.8. The number of hydrogen-bond acceptors (Lipinski definition) is 10. The number of aliphatic hydroxyl groups excluding tert-OH is 2. The lowest BCUT2D eigenvalue weighted by Crippen LogP contribution is -2.47. The van der Waals surface area contributed by atoms with Gasteiger partial charge in [0.2, 0.25) is 0 Å². The lowest BCUT2D eigenvalue weighted by atomic mass is 10.1. The molecule has 0 spiro atoms. The maximum atomic E-state index is 10.7. The molecule has 8 aromatic rings. The monoisotopic (exact) mass is 842 g/mol. The van der Waals surface area contributed by atoms with E-state index >= 15 is 0 Å². The Hall–Kier alpha value is -4.65. The highest BCUT2D eigenvalue weighted by Crippen LogP contribution is 2.33. The fraction of sp³-hybridized carbons (Fsp3) is 0.292. The van der Waals surface area contributed by atoms with Gasteiger partial charge in [0.05, 0.1) is 23.2 Å². The lowest BCUT2D eigenvalue weighted by molar-refractivity contribution is 0.140. The Balaban J connectivity index is 0.000000161. The molecule has 4 aromatic carbocycles. The first kappa shape index (κ1) is 41.1.